The van der Waals surface area contributed by atoms with Crippen molar-refractivity contribution in [1.82, 2.24) is 19.9 Å². The van der Waals surface area contributed by atoms with Crippen molar-refractivity contribution < 1.29 is 40.2 Å². The number of piperidine rings is 1. The van der Waals surface area contributed by atoms with Crippen LogP contribution in [-0.4, -0.2) is 59.9 Å². The Morgan fingerprint density at radius 3 is 2.42 bits per heavy atom. The van der Waals surface area contributed by atoms with Crippen molar-refractivity contribution in [3.63, 3.8) is 0 Å². The van der Waals surface area contributed by atoms with Crippen LogP contribution < -0.4 is 14.8 Å². The molecule has 1 saturated carbocycles. The number of aromatic nitrogens is 3. The zero-order chi connectivity index (χ0) is 38.5. The number of sulfonamides is 1. The van der Waals surface area contributed by atoms with Crippen molar-refractivity contribution in [3.8, 4) is 22.9 Å². The van der Waals surface area contributed by atoms with Crippen LogP contribution in [0.25, 0.3) is 11.3 Å². The van der Waals surface area contributed by atoms with Crippen LogP contribution >= 0.6 is 0 Å². The number of hydrogen-bond acceptors (Lipinski definition) is 10. The minimum absolute atomic E-state index is 0.0937. The van der Waals surface area contributed by atoms with E-state index in [2.05, 4.69) is 25.2 Å². The number of ether oxygens (including phenoxy) is 2. The second kappa shape index (κ2) is 16.4. The van der Waals surface area contributed by atoms with Crippen molar-refractivity contribution >= 4 is 27.6 Å². The molecule has 2 aliphatic rings. The van der Waals surface area contributed by atoms with Crippen LogP contribution in [0.4, 0.5) is 29.2 Å². The highest BCUT2D eigenvalue weighted by atomic mass is 32.2. The Kier molecular flexibility index (Phi) is 11.2. The summed E-state index contributed by atoms with van der Waals surface area (Å²) in [6.45, 7) is 1.66. The number of nitrogens with zero attached hydrogens (tertiary/aromatic N) is 4. The summed E-state index contributed by atoms with van der Waals surface area (Å²) in [5.74, 6) is -7.06. The van der Waals surface area contributed by atoms with Gasteiger partial charge in [0.05, 0.1) is 23.6 Å². The van der Waals surface area contributed by atoms with Crippen LogP contribution in [0, 0.1) is 35.1 Å². The van der Waals surface area contributed by atoms with Crippen molar-refractivity contribution in [1.29, 1.82) is 0 Å². The summed E-state index contributed by atoms with van der Waals surface area (Å²) in [5, 5.41) is 3.39. The maximum absolute atomic E-state index is 15.3. The lowest BCUT2D eigenvalue weighted by Crippen LogP contribution is -2.48. The van der Waals surface area contributed by atoms with Gasteiger partial charge in [0.15, 0.2) is 17.4 Å². The summed E-state index contributed by atoms with van der Waals surface area (Å²) in [7, 11) is -4.56. The Bertz CT molecular complexity index is 2280. The Morgan fingerprint density at radius 2 is 1.64 bits per heavy atom. The van der Waals surface area contributed by atoms with E-state index in [4.69, 9.17) is 9.47 Å². The van der Waals surface area contributed by atoms with Gasteiger partial charge in [0.2, 0.25) is 27.7 Å². The highest BCUT2D eigenvalue weighted by Crippen LogP contribution is 2.41. The molecular weight excluding hydrogens is 741 g/mol. The fraction of sp³-hybridized carbons (Fsp3) is 0.282. The van der Waals surface area contributed by atoms with Crippen LogP contribution in [0.5, 0.6) is 11.6 Å². The fourth-order valence-electron chi connectivity index (χ4n) is 6.63. The molecule has 2 atom stereocenters. The van der Waals surface area contributed by atoms with Gasteiger partial charge in [0, 0.05) is 43.2 Å². The number of pyridine rings is 1. The molecule has 2 fully saturated rings. The van der Waals surface area contributed by atoms with Gasteiger partial charge >= 0.3 is 5.97 Å². The number of hydrogen-bond donors (Lipinski definition) is 2. The van der Waals surface area contributed by atoms with E-state index in [1.807, 2.05) is 30.3 Å². The SMILES string of the molecule is O=C(CN1CC(Nc2nccc(-c3cccnc3Oc3cc(F)c(NS(=O)(=O)Cc4ccccc4F)c(F)c3F)n2)CC(C2CC2)C1)OCc1ccccc1. The second-order valence-corrected chi connectivity index (χ2v) is 15.3. The molecule has 0 radical (unpaired) electrons. The van der Waals surface area contributed by atoms with E-state index in [0.717, 1.165) is 37.4 Å². The first-order chi connectivity index (χ1) is 26.5. The molecule has 0 spiro atoms. The molecular formula is C39H36F4N6O5S. The predicted octanol–water partition coefficient (Wildman–Crippen LogP) is 7.09. The Hall–Kier alpha value is -5.61. The molecule has 11 nitrogen and oxygen atoms in total. The zero-order valence-corrected chi connectivity index (χ0v) is 30.1. The lowest BCUT2D eigenvalue weighted by atomic mass is 9.90. The first kappa shape index (κ1) is 37.7. The maximum atomic E-state index is 15.3. The number of halogens is 4. The molecule has 5 aromatic rings. The van der Waals surface area contributed by atoms with Gasteiger partial charge in [-0.15, -0.1) is 0 Å². The number of nitrogens with one attached hydrogen (secondary N) is 2. The van der Waals surface area contributed by atoms with Crippen molar-refractivity contribution in [3.05, 3.63) is 126 Å². The number of carbonyl (C=O) groups is 1. The fourth-order valence-corrected chi connectivity index (χ4v) is 7.84. The van der Waals surface area contributed by atoms with E-state index >= 15 is 13.2 Å². The third-order valence-corrected chi connectivity index (χ3v) is 10.6. The molecule has 2 aromatic heterocycles. The number of anilines is 2. The highest BCUT2D eigenvalue weighted by molar-refractivity contribution is 7.91. The van der Waals surface area contributed by atoms with Gasteiger partial charge in [0.1, 0.15) is 18.1 Å². The maximum Gasteiger partial charge on any atom is 0.320 e. The van der Waals surface area contributed by atoms with Gasteiger partial charge in [-0.2, -0.15) is 4.39 Å². The van der Waals surface area contributed by atoms with Crippen molar-refractivity contribution in [2.24, 2.45) is 11.8 Å². The van der Waals surface area contributed by atoms with Gasteiger partial charge in [-0.1, -0.05) is 48.5 Å². The third-order valence-electron chi connectivity index (χ3n) is 9.37. The van der Waals surface area contributed by atoms with Gasteiger partial charge in [-0.05, 0) is 60.9 Å². The molecule has 2 N–H and O–H groups in total. The summed E-state index contributed by atoms with van der Waals surface area (Å²) >= 11 is 0. The van der Waals surface area contributed by atoms with Crippen LogP contribution in [-0.2, 0) is 31.9 Å². The Labute approximate surface area is 314 Å². The van der Waals surface area contributed by atoms with E-state index in [0.29, 0.717) is 30.1 Å². The molecule has 1 aliphatic carbocycles. The third kappa shape index (κ3) is 9.56. The van der Waals surface area contributed by atoms with Gasteiger partial charge < -0.3 is 14.8 Å². The Morgan fingerprint density at radius 1 is 0.855 bits per heavy atom. The molecule has 16 heteroatoms. The van der Waals surface area contributed by atoms with E-state index in [-0.39, 0.29) is 48.1 Å². The van der Waals surface area contributed by atoms with Crippen molar-refractivity contribution in [2.45, 2.75) is 37.7 Å². The number of likely N-dealkylation sites (tertiary alicyclic amines) is 1. The minimum Gasteiger partial charge on any atom is -0.460 e. The number of esters is 1. The summed E-state index contributed by atoms with van der Waals surface area (Å²) < 4.78 is 97.7. The average Bonchev–Trinajstić information content (AvgIpc) is 4.03. The van der Waals surface area contributed by atoms with E-state index in [9.17, 15) is 17.6 Å². The monoisotopic (exact) mass is 776 g/mol. The topological polar surface area (TPSA) is 136 Å². The second-order valence-electron chi connectivity index (χ2n) is 13.6. The number of rotatable bonds is 14. The normalized spacial score (nSPS) is 17.4. The number of carbonyl (C=O) groups excluding carboxylic acids is 1. The summed E-state index contributed by atoms with van der Waals surface area (Å²) in [4.78, 5) is 28.0. The van der Waals surface area contributed by atoms with E-state index < -0.39 is 50.5 Å². The first-order valence-electron chi connectivity index (χ1n) is 17.6. The summed E-state index contributed by atoms with van der Waals surface area (Å²) in [6.07, 6.45) is 5.96. The first-order valence-corrected chi connectivity index (χ1v) is 19.2. The summed E-state index contributed by atoms with van der Waals surface area (Å²) in [5.41, 5.74) is -0.0862. The molecule has 1 aliphatic heterocycles. The smallest absolute Gasteiger partial charge is 0.320 e. The molecule has 7 rings (SSSR count). The molecule has 0 bridgehead atoms. The molecule has 0 amide bonds. The van der Waals surface area contributed by atoms with Crippen LogP contribution in [0.15, 0.2) is 91.3 Å². The van der Waals surface area contributed by atoms with E-state index in [1.54, 1.807) is 22.9 Å². The molecule has 2 unspecified atom stereocenters. The molecule has 55 heavy (non-hydrogen) atoms. The molecule has 1 saturated heterocycles. The van der Waals surface area contributed by atoms with Gasteiger partial charge in [-0.3, -0.25) is 14.4 Å². The lowest BCUT2D eigenvalue weighted by molar-refractivity contribution is -0.146. The van der Waals surface area contributed by atoms with Crippen LogP contribution in [0.1, 0.15) is 30.4 Å². The lowest BCUT2D eigenvalue weighted by Gasteiger charge is -2.37. The van der Waals surface area contributed by atoms with E-state index in [1.165, 1.54) is 30.6 Å². The standard InChI is InChI=1S/C39H36F4N6O5S/c40-30-11-5-4-9-26(30)23-55(51,52)48-37-31(41)18-33(35(42)36(37)43)54-38-29(10-6-15-44-38)32-14-16-45-39(47-32)46-28-17-27(25-12-13-25)19-49(20-28)21-34(50)53-22-24-7-2-1-3-8-24/h1-11,14-16,18,25,27-28,48H,12-13,17,19-23H2,(H,45,46,47). The molecule has 286 valence electrons. The van der Waals surface area contributed by atoms with Crippen molar-refractivity contribution in [2.75, 3.05) is 29.7 Å². The summed E-state index contributed by atoms with van der Waals surface area (Å²) in [6, 6.07) is 19.5. The van der Waals surface area contributed by atoms with Crippen LogP contribution in [0.2, 0.25) is 0 Å². The quantitative estimate of drug-likeness (QED) is 0.0684. The molecule has 3 aromatic carbocycles. The van der Waals surface area contributed by atoms with Gasteiger partial charge in [0.25, 0.3) is 0 Å². The number of benzene rings is 3. The minimum atomic E-state index is -4.56. The predicted molar refractivity (Wildman–Crippen MR) is 195 cm³/mol. The highest BCUT2D eigenvalue weighted by Gasteiger charge is 2.38. The van der Waals surface area contributed by atoms with Gasteiger partial charge in [-0.25, -0.2) is 36.5 Å². The van der Waals surface area contributed by atoms with Crippen LogP contribution in [0.3, 0.4) is 0 Å². The largest absolute Gasteiger partial charge is 0.460 e. The average molecular weight is 777 g/mol. The Balaban J connectivity index is 1.04. The zero-order valence-electron chi connectivity index (χ0n) is 29.3. The molecule has 3 heterocycles.